The summed E-state index contributed by atoms with van der Waals surface area (Å²) in [6, 6.07) is 13.9. The highest BCUT2D eigenvalue weighted by Crippen LogP contribution is 2.37. The minimum atomic E-state index is -0.216. The summed E-state index contributed by atoms with van der Waals surface area (Å²) in [6.45, 7) is 8.13. The lowest BCUT2D eigenvalue weighted by molar-refractivity contribution is 0.181. The first kappa shape index (κ1) is 23.0. The van der Waals surface area contributed by atoms with Crippen LogP contribution in [0.1, 0.15) is 55.7 Å². The highest BCUT2D eigenvalue weighted by molar-refractivity contribution is 5.85. The number of hydrogen-bond acceptors (Lipinski definition) is 6. The van der Waals surface area contributed by atoms with Crippen LogP contribution in [0.5, 0.6) is 11.5 Å². The van der Waals surface area contributed by atoms with Crippen LogP contribution in [0.3, 0.4) is 0 Å². The van der Waals surface area contributed by atoms with E-state index in [-0.39, 0.29) is 29.7 Å². The predicted octanol–water partition coefficient (Wildman–Crippen LogP) is 4.10. The van der Waals surface area contributed by atoms with Gasteiger partial charge >= 0.3 is 0 Å². The summed E-state index contributed by atoms with van der Waals surface area (Å²) in [5, 5.41) is 23.0. The fraction of sp³-hybridized carbons (Fsp3) is 0.435. The zero-order valence-electron chi connectivity index (χ0n) is 18.4. The number of phenolic OH excluding ortho intramolecular Hbond substituents is 1. The summed E-state index contributed by atoms with van der Waals surface area (Å²) < 4.78 is 7.33. The fourth-order valence-electron chi connectivity index (χ4n) is 4.07. The standard InChI is InChI=1S/C23H29N5O2.ClH/c1-5-23(2,3)28-22(24-25-26-28)21(17-10-11-19(29)20(14-17)30-4)27-13-12-16-8-6-7-9-18(16)15-27;/h6-11,14,21,29H,5,12-13,15H2,1-4H3;1H. The number of phenols is 1. The van der Waals surface area contributed by atoms with Crippen LogP contribution in [-0.2, 0) is 18.5 Å². The van der Waals surface area contributed by atoms with Crippen LogP contribution in [-0.4, -0.2) is 43.9 Å². The van der Waals surface area contributed by atoms with Crippen LogP contribution in [0.2, 0.25) is 0 Å². The van der Waals surface area contributed by atoms with Gasteiger partial charge in [-0.2, -0.15) is 0 Å². The van der Waals surface area contributed by atoms with Crippen molar-refractivity contribution in [2.24, 2.45) is 0 Å². The van der Waals surface area contributed by atoms with Crippen LogP contribution in [0.15, 0.2) is 42.5 Å². The van der Waals surface area contributed by atoms with Crippen LogP contribution in [0.25, 0.3) is 0 Å². The molecule has 1 aliphatic heterocycles. The van der Waals surface area contributed by atoms with Crippen molar-refractivity contribution in [3.05, 3.63) is 65.0 Å². The normalized spacial score (nSPS) is 15.1. The SMILES string of the molecule is CCC(C)(C)n1nnnc1C(c1ccc(O)c(OC)c1)N1CCc2ccccc2C1.Cl. The number of rotatable bonds is 6. The van der Waals surface area contributed by atoms with E-state index in [1.165, 1.54) is 11.1 Å². The summed E-state index contributed by atoms with van der Waals surface area (Å²) >= 11 is 0. The Morgan fingerprint density at radius 2 is 1.90 bits per heavy atom. The Kier molecular flexibility index (Phi) is 6.86. The van der Waals surface area contributed by atoms with E-state index in [2.05, 4.69) is 65.5 Å². The summed E-state index contributed by atoms with van der Waals surface area (Å²) in [7, 11) is 1.56. The molecule has 0 radical (unpaired) electrons. The second-order valence-electron chi connectivity index (χ2n) is 8.44. The number of benzene rings is 2. The molecule has 2 aromatic carbocycles. The van der Waals surface area contributed by atoms with Crippen molar-refractivity contribution in [2.45, 2.75) is 51.7 Å². The molecule has 3 aromatic rings. The van der Waals surface area contributed by atoms with Gasteiger partial charge in [-0.3, -0.25) is 4.90 Å². The average Bonchev–Trinajstić information content (AvgIpc) is 3.25. The Bertz CT molecular complexity index is 1040. The number of fused-ring (bicyclic) bond motifs is 1. The van der Waals surface area contributed by atoms with Gasteiger partial charge < -0.3 is 9.84 Å². The maximum Gasteiger partial charge on any atom is 0.173 e. The minimum Gasteiger partial charge on any atom is -0.504 e. The van der Waals surface area contributed by atoms with Gasteiger partial charge in [-0.1, -0.05) is 37.3 Å². The summed E-state index contributed by atoms with van der Waals surface area (Å²) in [6.07, 6.45) is 1.88. The van der Waals surface area contributed by atoms with Crippen molar-refractivity contribution < 1.29 is 9.84 Å². The van der Waals surface area contributed by atoms with Crippen molar-refractivity contribution in [1.29, 1.82) is 0 Å². The van der Waals surface area contributed by atoms with Gasteiger partial charge in [0.2, 0.25) is 0 Å². The van der Waals surface area contributed by atoms with E-state index in [0.29, 0.717) is 5.75 Å². The molecular weight excluding hydrogens is 414 g/mol. The molecule has 0 aliphatic carbocycles. The first-order valence-corrected chi connectivity index (χ1v) is 10.4. The molecule has 31 heavy (non-hydrogen) atoms. The Labute approximate surface area is 189 Å². The van der Waals surface area contributed by atoms with Crippen molar-refractivity contribution in [3.63, 3.8) is 0 Å². The molecule has 1 N–H and O–H groups in total. The highest BCUT2D eigenvalue weighted by Gasteiger charge is 2.34. The Balaban J connectivity index is 0.00000272. The molecule has 166 valence electrons. The Hall–Kier alpha value is -2.64. The molecule has 0 amide bonds. The van der Waals surface area contributed by atoms with Gasteiger partial charge in [-0.25, -0.2) is 4.68 Å². The van der Waals surface area contributed by atoms with Gasteiger partial charge in [0, 0.05) is 13.1 Å². The number of methoxy groups -OCH3 is 1. The van der Waals surface area contributed by atoms with Crippen molar-refractivity contribution in [2.75, 3.05) is 13.7 Å². The number of aromatic nitrogens is 4. The summed E-state index contributed by atoms with van der Waals surface area (Å²) in [4.78, 5) is 2.40. The predicted molar refractivity (Wildman–Crippen MR) is 122 cm³/mol. The Morgan fingerprint density at radius 1 is 1.16 bits per heavy atom. The molecule has 1 aromatic heterocycles. The van der Waals surface area contributed by atoms with Gasteiger partial charge in [0.1, 0.15) is 0 Å². The molecule has 0 saturated carbocycles. The van der Waals surface area contributed by atoms with Gasteiger partial charge in [0.25, 0.3) is 0 Å². The van der Waals surface area contributed by atoms with Gasteiger partial charge in [0.15, 0.2) is 17.3 Å². The van der Waals surface area contributed by atoms with E-state index in [4.69, 9.17) is 4.74 Å². The molecule has 2 heterocycles. The van der Waals surface area contributed by atoms with Crippen molar-refractivity contribution >= 4 is 12.4 Å². The van der Waals surface area contributed by atoms with Crippen LogP contribution < -0.4 is 4.74 Å². The van der Waals surface area contributed by atoms with E-state index in [9.17, 15) is 5.11 Å². The lowest BCUT2D eigenvalue weighted by Gasteiger charge is -2.36. The van der Waals surface area contributed by atoms with Crippen molar-refractivity contribution in [3.8, 4) is 11.5 Å². The van der Waals surface area contributed by atoms with Crippen LogP contribution in [0.4, 0.5) is 0 Å². The van der Waals surface area contributed by atoms with Crippen molar-refractivity contribution in [1.82, 2.24) is 25.1 Å². The number of aromatic hydroxyl groups is 1. The third-order valence-electron chi connectivity index (χ3n) is 6.22. The zero-order valence-corrected chi connectivity index (χ0v) is 19.3. The third-order valence-corrected chi connectivity index (χ3v) is 6.22. The average molecular weight is 444 g/mol. The third kappa shape index (κ3) is 4.38. The van der Waals surface area contributed by atoms with E-state index in [1.807, 2.05) is 16.8 Å². The summed E-state index contributed by atoms with van der Waals surface area (Å²) in [5.74, 6) is 1.37. The molecule has 8 heteroatoms. The lowest BCUT2D eigenvalue weighted by Crippen LogP contribution is -2.38. The molecule has 7 nitrogen and oxygen atoms in total. The number of halogens is 1. The maximum absolute atomic E-state index is 10.1. The van der Waals surface area contributed by atoms with Crippen LogP contribution in [0, 0.1) is 0 Å². The monoisotopic (exact) mass is 443 g/mol. The number of nitrogens with zero attached hydrogens (tertiary/aromatic N) is 5. The molecule has 0 fully saturated rings. The molecule has 0 bridgehead atoms. The quantitative estimate of drug-likeness (QED) is 0.618. The number of ether oxygens (including phenoxy) is 1. The molecule has 1 atom stereocenters. The first-order valence-electron chi connectivity index (χ1n) is 10.4. The molecule has 0 saturated heterocycles. The van der Waals surface area contributed by atoms with Gasteiger partial charge in [-0.05, 0) is 65.9 Å². The van der Waals surface area contributed by atoms with Crippen LogP contribution >= 0.6 is 12.4 Å². The Morgan fingerprint density at radius 3 is 2.61 bits per heavy atom. The smallest absolute Gasteiger partial charge is 0.173 e. The molecule has 1 aliphatic rings. The van der Waals surface area contributed by atoms with Gasteiger partial charge in [-0.15, -0.1) is 17.5 Å². The minimum absolute atomic E-state index is 0. The second kappa shape index (κ2) is 9.24. The highest BCUT2D eigenvalue weighted by atomic mass is 35.5. The van der Waals surface area contributed by atoms with E-state index >= 15 is 0 Å². The van der Waals surface area contributed by atoms with E-state index < -0.39 is 0 Å². The second-order valence-corrected chi connectivity index (χ2v) is 8.44. The van der Waals surface area contributed by atoms with E-state index in [1.54, 1.807) is 13.2 Å². The fourth-order valence-corrected chi connectivity index (χ4v) is 4.07. The van der Waals surface area contributed by atoms with Gasteiger partial charge in [0.05, 0.1) is 18.7 Å². The molecule has 4 rings (SSSR count). The van der Waals surface area contributed by atoms with E-state index in [0.717, 1.165) is 37.3 Å². The number of hydrogen-bond donors (Lipinski definition) is 1. The zero-order chi connectivity index (χ0) is 21.3. The molecule has 1 unspecified atom stereocenters. The topological polar surface area (TPSA) is 76.3 Å². The first-order chi connectivity index (χ1) is 14.4. The molecular formula is C23H30ClN5O2. The number of tetrazole rings is 1. The molecule has 0 spiro atoms. The largest absolute Gasteiger partial charge is 0.504 e. The summed E-state index contributed by atoms with van der Waals surface area (Å²) in [5.41, 5.74) is 3.50. The lowest BCUT2D eigenvalue weighted by atomic mass is 9.95. The maximum atomic E-state index is 10.1.